The summed E-state index contributed by atoms with van der Waals surface area (Å²) in [7, 11) is 0. The lowest BCUT2D eigenvalue weighted by Crippen LogP contribution is -2.46. The molecule has 3 unspecified atom stereocenters. The SMILES string of the molecule is CC(O)CN(CC(C)O)C(C)C(=O)OCc1ccccc1. The predicted molar refractivity (Wildman–Crippen MR) is 80.6 cm³/mol. The summed E-state index contributed by atoms with van der Waals surface area (Å²) in [6.45, 7) is 5.87. The van der Waals surface area contributed by atoms with Crippen LogP contribution in [-0.2, 0) is 16.1 Å². The molecule has 0 saturated heterocycles. The molecular weight excluding hydrogens is 270 g/mol. The maximum absolute atomic E-state index is 12.1. The van der Waals surface area contributed by atoms with Crippen LogP contribution in [0.4, 0.5) is 0 Å². The average molecular weight is 295 g/mol. The zero-order chi connectivity index (χ0) is 15.8. The fourth-order valence-electron chi connectivity index (χ4n) is 2.07. The van der Waals surface area contributed by atoms with Gasteiger partial charge in [0.1, 0.15) is 12.6 Å². The number of hydrogen-bond donors (Lipinski definition) is 2. The van der Waals surface area contributed by atoms with Crippen LogP contribution in [0.15, 0.2) is 30.3 Å². The molecule has 21 heavy (non-hydrogen) atoms. The fourth-order valence-corrected chi connectivity index (χ4v) is 2.07. The first-order valence-corrected chi connectivity index (χ1v) is 7.21. The minimum atomic E-state index is -0.576. The summed E-state index contributed by atoms with van der Waals surface area (Å²) in [5, 5.41) is 19.0. The molecule has 5 nitrogen and oxygen atoms in total. The highest BCUT2D eigenvalue weighted by Gasteiger charge is 2.24. The van der Waals surface area contributed by atoms with Crippen molar-refractivity contribution in [2.45, 2.75) is 45.6 Å². The van der Waals surface area contributed by atoms with E-state index in [1.165, 1.54) is 0 Å². The van der Waals surface area contributed by atoms with E-state index in [9.17, 15) is 15.0 Å². The first-order chi connectivity index (χ1) is 9.90. The van der Waals surface area contributed by atoms with Crippen LogP contribution in [-0.4, -0.2) is 52.4 Å². The summed E-state index contributed by atoms with van der Waals surface area (Å²) in [4.78, 5) is 13.8. The highest BCUT2D eigenvalue weighted by Crippen LogP contribution is 2.07. The lowest BCUT2D eigenvalue weighted by molar-refractivity contribution is -0.151. The Balaban J connectivity index is 2.56. The normalized spacial score (nSPS) is 15.5. The number of nitrogens with zero attached hydrogens (tertiary/aromatic N) is 1. The summed E-state index contributed by atoms with van der Waals surface area (Å²) in [5.41, 5.74) is 0.927. The van der Waals surface area contributed by atoms with Crippen LogP contribution in [0, 0.1) is 0 Å². The molecule has 0 spiro atoms. The molecule has 0 aromatic heterocycles. The molecule has 0 heterocycles. The van der Waals surface area contributed by atoms with Gasteiger partial charge in [-0.2, -0.15) is 0 Å². The van der Waals surface area contributed by atoms with E-state index in [1.807, 2.05) is 30.3 Å². The van der Waals surface area contributed by atoms with Gasteiger partial charge in [0.2, 0.25) is 0 Å². The smallest absolute Gasteiger partial charge is 0.323 e. The van der Waals surface area contributed by atoms with E-state index in [4.69, 9.17) is 4.74 Å². The number of hydrogen-bond acceptors (Lipinski definition) is 5. The number of carbonyl (C=O) groups excluding carboxylic acids is 1. The molecule has 0 amide bonds. The standard InChI is InChI=1S/C16H25NO4/c1-12(18)9-17(10-13(2)19)14(3)16(20)21-11-15-7-5-4-6-8-15/h4-8,12-14,18-19H,9-11H2,1-3H3. The van der Waals surface area contributed by atoms with Crippen molar-refractivity contribution in [3.8, 4) is 0 Å². The van der Waals surface area contributed by atoms with Crippen molar-refractivity contribution < 1.29 is 19.7 Å². The van der Waals surface area contributed by atoms with Crippen LogP contribution >= 0.6 is 0 Å². The van der Waals surface area contributed by atoms with Gasteiger partial charge in [-0.1, -0.05) is 30.3 Å². The minimum absolute atomic E-state index is 0.223. The van der Waals surface area contributed by atoms with E-state index >= 15 is 0 Å². The van der Waals surface area contributed by atoms with Crippen LogP contribution in [0.1, 0.15) is 26.3 Å². The van der Waals surface area contributed by atoms with Crippen LogP contribution in [0.5, 0.6) is 0 Å². The van der Waals surface area contributed by atoms with Crippen molar-refractivity contribution >= 4 is 5.97 Å². The number of aliphatic hydroxyl groups is 2. The number of carbonyl (C=O) groups is 1. The van der Waals surface area contributed by atoms with Crippen molar-refractivity contribution in [1.82, 2.24) is 4.90 Å². The second kappa shape index (κ2) is 8.77. The lowest BCUT2D eigenvalue weighted by atomic mass is 10.2. The molecule has 0 aliphatic heterocycles. The quantitative estimate of drug-likeness (QED) is 0.705. The molecule has 0 aliphatic rings. The van der Waals surface area contributed by atoms with Gasteiger partial charge in [0.15, 0.2) is 0 Å². The number of benzene rings is 1. The van der Waals surface area contributed by atoms with Gasteiger partial charge < -0.3 is 14.9 Å². The van der Waals surface area contributed by atoms with E-state index in [0.29, 0.717) is 13.1 Å². The van der Waals surface area contributed by atoms with Gasteiger partial charge in [-0.15, -0.1) is 0 Å². The third-order valence-corrected chi connectivity index (χ3v) is 3.11. The third-order valence-electron chi connectivity index (χ3n) is 3.11. The van der Waals surface area contributed by atoms with E-state index in [2.05, 4.69) is 0 Å². The minimum Gasteiger partial charge on any atom is -0.460 e. The Labute approximate surface area is 126 Å². The van der Waals surface area contributed by atoms with Crippen molar-refractivity contribution in [2.24, 2.45) is 0 Å². The summed E-state index contributed by atoms with van der Waals surface area (Å²) in [6.07, 6.45) is -1.15. The topological polar surface area (TPSA) is 70.0 Å². The second-order valence-corrected chi connectivity index (χ2v) is 5.42. The first kappa shape index (κ1) is 17.6. The van der Waals surface area contributed by atoms with Crippen LogP contribution in [0.3, 0.4) is 0 Å². The average Bonchev–Trinajstić information content (AvgIpc) is 2.43. The van der Waals surface area contributed by atoms with Gasteiger partial charge in [0, 0.05) is 13.1 Å². The summed E-state index contributed by atoms with van der Waals surface area (Å²) < 4.78 is 5.29. The van der Waals surface area contributed by atoms with Crippen LogP contribution in [0.25, 0.3) is 0 Å². The molecule has 0 saturated carbocycles. The Bertz CT molecular complexity index is 410. The molecule has 0 bridgehead atoms. The fraction of sp³-hybridized carbons (Fsp3) is 0.562. The Kier molecular flexibility index (Phi) is 7.36. The molecular formula is C16H25NO4. The van der Waals surface area contributed by atoms with Gasteiger partial charge >= 0.3 is 5.97 Å². The molecule has 1 rings (SSSR count). The van der Waals surface area contributed by atoms with E-state index in [-0.39, 0.29) is 12.6 Å². The highest BCUT2D eigenvalue weighted by molar-refractivity contribution is 5.75. The molecule has 0 aliphatic carbocycles. The Morgan fingerprint density at radius 1 is 1.10 bits per heavy atom. The number of ether oxygens (including phenoxy) is 1. The van der Waals surface area contributed by atoms with E-state index in [1.54, 1.807) is 25.7 Å². The summed E-state index contributed by atoms with van der Waals surface area (Å²) >= 11 is 0. The number of rotatable bonds is 8. The molecule has 1 aromatic carbocycles. The van der Waals surface area contributed by atoms with Crippen molar-refractivity contribution in [1.29, 1.82) is 0 Å². The Morgan fingerprint density at radius 3 is 2.10 bits per heavy atom. The van der Waals surface area contributed by atoms with Crippen molar-refractivity contribution in [3.05, 3.63) is 35.9 Å². The maximum atomic E-state index is 12.1. The van der Waals surface area contributed by atoms with Crippen molar-refractivity contribution in [3.63, 3.8) is 0 Å². The molecule has 5 heteroatoms. The monoisotopic (exact) mass is 295 g/mol. The molecule has 1 aromatic rings. The molecule has 0 radical (unpaired) electrons. The number of esters is 1. The molecule has 3 atom stereocenters. The highest BCUT2D eigenvalue weighted by atomic mass is 16.5. The lowest BCUT2D eigenvalue weighted by Gasteiger charge is -2.29. The first-order valence-electron chi connectivity index (χ1n) is 7.21. The van der Waals surface area contributed by atoms with Crippen LogP contribution in [0.2, 0.25) is 0 Å². The van der Waals surface area contributed by atoms with Crippen molar-refractivity contribution in [2.75, 3.05) is 13.1 Å². The molecule has 118 valence electrons. The van der Waals surface area contributed by atoms with Crippen LogP contribution < -0.4 is 0 Å². The van der Waals surface area contributed by atoms with Gasteiger partial charge in [-0.3, -0.25) is 9.69 Å². The van der Waals surface area contributed by atoms with Gasteiger partial charge in [0.25, 0.3) is 0 Å². The summed E-state index contributed by atoms with van der Waals surface area (Å²) in [5.74, 6) is -0.361. The second-order valence-electron chi connectivity index (χ2n) is 5.42. The van der Waals surface area contributed by atoms with Gasteiger partial charge in [-0.25, -0.2) is 0 Å². The number of aliphatic hydroxyl groups excluding tert-OH is 2. The predicted octanol–water partition coefficient (Wildman–Crippen LogP) is 1.18. The Hall–Kier alpha value is -1.43. The van der Waals surface area contributed by atoms with E-state index in [0.717, 1.165) is 5.56 Å². The largest absolute Gasteiger partial charge is 0.460 e. The van der Waals surface area contributed by atoms with Gasteiger partial charge in [0.05, 0.1) is 12.2 Å². The van der Waals surface area contributed by atoms with E-state index < -0.39 is 18.2 Å². The maximum Gasteiger partial charge on any atom is 0.323 e. The molecule has 2 N–H and O–H groups in total. The van der Waals surface area contributed by atoms with Gasteiger partial charge in [-0.05, 0) is 26.3 Å². The molecule has 0 fully saturated rings. The zero-order valence-electron chi connectivity index (χ0n) is 12.9. The zero-order valence-corrected chi connectivity index (χ0v) is 12.9. The third kappa shape index (κ3) is 6.71. The summed E-state index contributed by atoms with van der Waals surface area (Å²) in [6, 6.07) is 8.95. The Morgan fingerprint density at radius 2 is 1.62 bits per heavy atom.